The van der Waals surface area contributed by atoms with Crippen molar-refractivity contribution >= 4 is 12.2 Å². The van der Waals surface area contributed by atoms with E-state index in [0.29, 0.717) is 19.1 Å². The second kappa shape index (κ2) is 10.5. The van der Waals surface area contributed by atoms with Crippen LogP contribution < -0.4 is 0 Å². The zero-order chi connectivity index (χ0) is 18.8. The zero-order valence-electron chi connectivity index (χ0n) is 15.1. The molecular formula is C21H27NO3. The number of ether oxygens (including phenoxy) is 1. The van der Waals surface area contributed by atoms with E-state index in [1.54, 1.807) is 0 Å². The van der Waals surface area contributed by atoms with Gasteiger partial charge >= 0.3 is 0 Å². The number of benzene rings is 1. The van der Waals surface area contributed by atoms with Gasteiger partial charge in [-0.15, -0.1) is 12.8 Å². The van der Waals surface area contributed by atoms with Crippen LogP contribution in [0, 0.1) is 12.8 Å². The number of rotatable bonds is 2. The van der Waals surface area contributed by atoms with E-state index in [2.05, 4.69) is 31.6 Å². The molecule has 1 aromatic rings. The Morgan fingerprint density at radius 1 is 1.32 bits per heavy atom. The van der Waals surface area contributed by atoms with Crippen molar-refractivity contribution < 1.29 is 14.3 Å². The highest BCUT2D eigenvalue weighted by Gasteiger charge is 2.26. The lowest BCUT2D eigenvalue weighted by molar-refractivity contribution is -0.130. The molecule has 4 nitrogen and oxygen atoms in total. The molecule has 1 saturated heterocycles. The summed E-state index contributed by atoms with van der Waals surface area (Å²) in [4.78, 5) is 23.3. The molecule has 0 saturated carbocycles. The molecule has 4 heteroatoms. The van der Waals surface area contributed by atoms with Gasteiger partial charge in [-0.3, -0.25) is 9.59 Å². The van der Waals surface area contributed by atoms with Crippen molar-refractivity contribution in [3.8, 4) is 12.8 Å². The average Bonchev–Trinajstić information content (AvgIpc) is 2.65. The molecule has 1 fully saturated rings. The normalized spacial score (nSPS) is 21.6. The smallest absolute Gasteiger partial charge is 0.210 e. The van der Waals surface area contributed by atoms with E-state index in [1.165, 1.54) is 11.1 Å². The van der Waals surface area contributed by atoms with Crippen LogP contribution >= 0.6 is 0 Å². The summed E-state index contributed by atoms with van der Waals surface area (Å²) >= 11 is 0. The predicted octanol–water partition coefficient (Wildman–Crippen LogP) is 3.32. The van der Waals surface area contributed by atoms with Crippen LogP contribution in [0.4, 0.5) is 0 Å². The van der Waals surface area contributed by atoms with Crippen LogP contribution in [0.5, 0.6) is 0 Å². The van der Waals surface area contributed by atoms with Gasteiger partial charge in [0.05, 0.1) is 12.1 Å². The van der Waals surface area contributed by atoms with Gasteiger partial charge in [0.2, 0.25) is 6.41 Å². The summed E-state index contributed by atoms with van der Waals surface area (Å²) in [7, 11) is 0. The molecular weight excluding hydrogens is 314 g/mol. The molecule has 0 N–H and O–H groups in total. The van der Waals surface area contributed by atoms with Gasteiger partial charge in [-0.25, -0.2) is 0 Å². The molecule has 0 spiro atoms. The lowest BCUT2D eigenvalue weighted by Crippen LogP contribution is -2.34. The van der Waals surface area contributed by atoms with Crippen molar-refractivity contribution in [2.45, 2.75) is 45.3 Å². The Balaban J connectivity index is 0.000000264. The SMILES string of the molecule is C#C.C=C(C)[C@H]1c2ccccc2CCN1C=O.C[C@H]1CCC(=O)CO1. The van der Waals surface area contributed by atoms with Crippen molar-refractivity contribution in [2.75, 3.05) is 13.2 Å². The van der Waals surface area contributed by atoms with E-state index < -0.39 is 0 Å². The summed E-state index contributed by atoms with van der Waals surface area (Å²) in [5.74, 6) is 0.239. The number of terminal acetylenes is 1. The van der Waals surface area contributed by atoms with Gasteiger partial charge in [-0.1, -0.05) is 36.4 Å². The molecule has 2 aliphatic rings. The maximum absolute atomic E-state index is 11.0. The summed E-state index contributed by atoms with van der Waals surface area (Å²) in [6.45, 7) is 9.07. The highest BCUT2D eigenvalue weighted by atomic mass is 16.5. The van der Waals surface area contributed by atoms with Crippen molar-refractivity contribution in [1.82, 2.24) is 4.90 Å². The number of carbonyl (C=O) groups is 2. The van der Waals surface area contributed by atoms with Gasteiger partial charge in [0.1, 0.15) is 6.61 Å². The summed E-state index contributed by atoms with van der Waals surface area (Å²) in [5.41, 5.74) is 3.58. The van der Waals surface area contributed by atoms with Crippen molar-refractivity contribution in [3.63, 3.8) is 0 Å². The lowest BCUT2D eigenvalue weighted by atomic mass is 9.89. The molecule has 3 rings (SSSR count). The van der Waals surface area contributed by atoms with E-state index in [0.717, 1.165) is 31.4 Å². The molecule has 0 aliphatic carbocycles. The Hall–Kier alpha value is -2.38. The number of carbonyl (C=O) groups excluding carboxylic acids is 2. The van der Waals surface area contributed by atoms with Crippen LogP contribution in [0.25, 0.3) is 0 Å². The van der Waals surface area contributed by atoms with Crippen LogP contribution in [-0.2, 0) is 20.7 Å². The van der Waals surface area contributed by atoms with Crippen molar-refractivity contribution in [1.29, 1.82) is 0 Å². The maximum atomic E-state index is 11.0. The third-order valence-electron chi connectivity index (χ3n) is 4.28. The standard InChI is InChI=1S/C13H15NO.C6H10O2.C2H2/c1-10(2)13-12-6-4-3-5-11(12)7-8-14(13)9-15;1-5-2-3-6(7)4-8-5;1-2/h3-6,9,13H,1,7-8H2,2H3;5H,2-4H2,1H3;1-2H/t13-;5-;/m00./s1. The molecule has 2 aliphatic heterocycles. The first-order valence-corrected chi connectivity index (χ1v) is 8.43. The Kier molecular flexibility index (Phi) is 8.66. The quantitative estimate of drug-likeness (QED) is 0.471. The van der Waals surface area contributed by atoms with E-state index in [1.807, 2.05) is 30.9 Å². The molecule has 1 aromatic carbocycles. The molecule has 0 bridgehead atoms. The van der Waals surface area contributed by atoms with E-state index in [4.69, 9.17) is 4.74 Å². The molecule has 1 amide bonds. The number of ketones is 1. The number of hydrogen-bond acceptors (Lipinski definition) is 3. The number of hydrogen-bond donors (Lipinski definition) is 0. The minimum atomic E-state index is 0.0625. The largest absolute Gasteiger partial charge is 0.371 e. The van der Waals surface area contributed by atoms with Crippen LogP contribution in [-0.4, -0.2) is 36.3 Å². The Labute approximate surface area is 150 Å². The molecule has 2 heterocycles. The average molecular weight is 341 g/mol. The minimum absolute atomic E-state index is 0.0625. The monoisotopic (exact) mass is 341 g/mol. The van der Waals surface area contributed by atoms with E-state index in [-0.39, 0.29) is 11.8 Å². The Bertz CT molecular complexity index is 611. The third-order valence-corrected chi connectivity index (χ3v) is 4.28. The fourth-order valence-electron chi connectivity index (χ4n) is 3.00. The second-order valence-electron chi connectivity index (χ2n) is 6.24. The molecule has 0 aromatic heterocycles. The van der Waals surface area contributed by atoms with E-state index in [9.17, 15) is 9.59 Å². The predicted molar refractivity (Wildman–Crippen MR) is 100 cm³/mol. The van der Waals surface area contributed by atoms with Crippen LogP contribution in [0.2, 0.25) is 0 Å². The topological polar surface area (TPSA) is 46.6 Å². The fourth-order valence-corrected chi connectivity index (χ4v) is 3.00. The fraction of sp³-hybridized carbons (Fsp3) is 0.429. The number of amides is 1. The van der Waals surface area contributed by atoms with Gasteiger partial charge < -0.3 is 9.64 Å². The highest BCUT2D eigenvalue weighted by Crippen LogP contribution is 2.32. The first-order valence-electron chi connectivity index (χ1n) is 8.43. The van der Waals surface area contributed by atoms with E-state index >= 15 is 0 Å². The Morgan fingerprint density at radius 2 is 2.00 bits per heavy atom. The Morgan fingerprint density at radius 3 is 2.52 bits per heavy atom. The van der Waals surface area contributed by atoms with Gasteiger partial charge in [-0.2, -0.15) is 0 Å². The molecule has 0 radical (unpaired) electrons. The molecule has 0 unspecified atom stereocenters. The molecule has 25 heavy (non-hydrogen) atoms. The van der Waals surface area contributed by atoms with Crippen LogP contribution in [0.15, 0.2) is 36.4 Å². The second-order valence-corrected chi connectivity index (χ2v) is 6.24. The van der Waals surface area contributed by atoms with Gasteiger partial charge in [0.25, 0.3) is 0 Å². The van der Waals surface area contributed by atoms with Crippen molar-refractivity contribution in [3.05, 3.63) is 47.5 Å². The first kappa shape index (κ1) is 20.7. The van der Waals surface area contributed by atoms with Gasteiger partial charge in [-0.05, 0) is 37.8 Å². The van der Waals surface area contributed by atoms with Gasteiger partial charge in [0, 0.05) is 13.0 Å². The third kappa shape index (κ3) is 5.88. The van der Waals surface area contributed by atoms with Gasteiger partial charge in [0.15, 0.2) is 5.78 Å². The highest BCUT2D eigenvalue weighted by molar-refractivity contribution is 5.80. The number of nitrogens with zero attached hydrogens (tertiary/aromatic N) is 1. The summed E-state index contributed by atoms with van der Waals surface area (Å²) in [6.07, 6.45) is 11.8. The van der Waals surface area contributed by atoms with Crippen LogP contribution in [0.3, 0.4) is 0 Å². The lowest BCUT2D eigenvalue weighted by Gasteiger charge is -2.35. The minimum Gasteiger partial charge on any atom is -0.371 e. The number of Topliss-reactive ketones (excluding diaryl/α,β-unsaturated/α-hetero) is 1. The molecule has 134 valence electrons. The number of fused-ring (bicyclic) bond motifs is 1. The maximum Gasteiger partial charge on any atom is 0.210 e. The summed E-state index contributed by atoms with van der Waals surface area (Å²) in [6, 6.07) is 8.35. The molecule has 2 atom stereocenters. The first-order chi connectivity index (χ1) is 12.0. The van der Waals surface area contributed by atoms with Crippen molar-refractivity contribution in [2.24, 2.45) is 0 Å². The summed E-state index contributed by atoms with van der Waals surface area (Å²) < 4.78 is 5.04. The zero-order valence-corrected chi connectivity index (χ0v) is 15.1. The van der Waals surface area contributed by atoms with Crippen LogP contribution in [0.1, 0.15) is 43.9 Å². The summed E-state index contributed by atoms with van der Waals surface area (Å²) in [5, 5.41) is 0.